The first-order chi connectivity index (χ1) is 10.2. The van der Waals surface area contributed by atoms with E-state index in [4.69, 9.17) is 0 Å². The lowest BCUT2D eigenvalue weighted by atomic mass is 9.85. The van der Waals surface area contributed by atoms with Crippen LogP contribution in [0.3, 0.4) is 0 Å². The number of nitrogens with zero attached hydrogens (tertiary/aromatic N) is 1. The Bertz CT molecular complexity index is 437. The van der Waals surface area contributed by atoms with Gasteiger partial charge in [0.25, 0.3) is 0 Å². The van der Waals surface area contributed by atoms with Crippen molar-refractivity contribution < 1.29 is 0 Å². The second-order valence-electron chi connectivity index (χ2n) is 7.29. The summed E-state index contributed by atoms with van der Waals surface area (Å²) in [4.78, 5) is 2.68. The van der Waals surface area contributed by atoms with E-state index in [0.29, 0.717) is 0 Å². The van der Waals surface area contributed by atoms with E-state index >= 15 is 0 Å². The maximum absolute atomic E-state index is 3.52. The zero-order valence-electron chi connectivity index (χ0n) is 13.6. The van der Waals surface area contributed by atoms with Crippen LogP contribution < -0.4 is 10.2 Å². The molecule has 0 bridgehead atoms. The number of anilines is 1. The molecule has 1 aliphatic heterocycles. The molecule has 2 atom stereocenters. The highest BCUT2D eigenvalue weighted by Crippen LogP contribution is 2.38. The third kappa shape index (κ3) is 3.60. The first kappa shape index (κ1) is 14.9. The van der Waals surface area contributed by atoms with Gasteiger partial charge in [0.15, 0.2) is 0 Å². The molecule has 0 spiro atoms. The summed E-state index contributed by atoms with van der Waals surface area (Å²) in [5, 5.41) is 3.52. The summed E-state index contributed by atoms with van der Waals surface area (Å²) in [5.74, 6) is 1.68. The van der Waals surface area contributed by atoms with Crippen LogP contribution >= 0.6 is 0 Å². The molecule has 0 aromatic heterocycles. The van der Waals surface area contributed by atoms with Crippen LogP contribution in [-0.2, 0) is 6.54 Å². The molecule has 1 saturated carbocycles. The lowest BCUT2D eigenvalue weighted by molar-refractivity contribution is 0.342. The fraction of sp³-hybridized carbons (Fsp3) is 0.684. The molecule has 1 saturated heterocycles. The van der Waals surface area contributed by atoms with Crippen molar-refractivity contribution in [2.75, 3.05) is 18.0 Å². The molecule has 0 amide bonds. The molecule has 1 aromatic rings. The Kier molecular flexibility index (Phi) is 4.84. The third-order valence-corrected chi connectivity index (χ3v) is 5.16. The first-order valence-electron chi connectivity index (χ1n) is 8.80. The Labute approximate surface area is 129 Å². The Balaban J connectivity index is 1.59. The topological polar surface area (TPSA) is 15.3 Å². The van der Waals surface area contributed by atoms with Gasteiger partial charge in [0.2, 0.25) is 0 Å². The van der Waals surface area contributed by atoms with E-state index in [1.165, 1.54) is 49.9 Å². The molecule has 0 radical (unpaired) electrons. The van der Waals surface area contributed by atoms with E-state index in [0.717, 1.165) is 31.0 Å². The Morgan fingerprint density at radius 1 is 1.10 bits per heavy atom. The molecule has 2 unspecified atom stereocenters. The van der Waals surface area contributed by atoms with Crippen LogP contribution in [0.2, 0.25) is 0 Å². The lowest BCUT2D eigenvalue weighted by Gasteiger charge is -2.33. The highest BCUT2D eigenvalue weighted by atomic mass is 15.2. The third-order valence-electron chi connectivity index (χ3n) is 5.16. The summed E-state index contributed by atoms with van der Waals surface area (Å²) < 4.78 is 0. The van der Waals surface area contributed by atoms with Crippen molar-refractivity contribution in [1.82, 2.24) is 5.32 Å². The quantitative estimate of drug-likeness (QED) is 0.872. The predicted octanol–water partition coefficient (Wildman–Crippen LogP) is 4.20. The van der Waals surface area contributed by atoms with Crippen molar-refractivity contribution in [2.24, 2.45) is 11.8 Å². The standard InChI is InChI=1S/C19H30N2/c1-15(2)13-20-14-16-7-9-18(10-8-16)21-12-11-17-5-3-4-6-19(17)21/h7-10,15,17,19-20H,3-6,11-14H2,1-2H3. The maximum Gasteiger partial charge on any atom is 0.0369 e. The molecule has 116 valence electrons. The first-order valence-corrected chi connectivity index (χ1v) is 8.80. The molecule has 1 aliphatic carbocycles. The lowest BCUT2D eigenvalue weighted by Crippen LogP contribution is -2.34. The highest BCUT2D eigenvalue weighted by molar-refractivity contribution is 5.50. The number of rotatable bonds is 5. The maximum atomic E-state index is 3.52. The van der Waals surface area contributed by atoms with Crippen molar-refractivity contribution in [3.05, 3.63) is 29.8 Å². The van der Waals surface area contributed by atoms with Gasteiger partial charge in [-0.1, -0.05) is 38.8 Å². The van der Waals surface area contributed by atoms with Crippen molar-refractivity contribution in [3.8, 4) is 0 Å². The molecule has 2 fully saturated rings. The van der Waals surface area contributed by atoms with Crippen LogP contribution in [0.1, 0.15) is 51.5 Å². The SMILES string of the molecule is CC(C)CNCc1ccc(N2CCC3CCCCC32)cc1. The van der Waals surface area contributed by atoms with Gasteiger partial charge >= 0.3 is 0 Å². The van der Waals surface area contributed by atoms with Gasteiger partial charge in [0.1, 0.15) is 0 Å². The van der Waals surface area contributed by atoms with Crippen molar-refractivity contribution >= 4 is 5.69 Å². The Morgan fingerprint density at radius 3 is 2.62 bits per heavy atom. The number of nitrogens with one attached hydrogen (secondary N) is 1. The molecule has 1 aromatic carbocycles. The smallest absolute Gasteiger partial charge is 0.0369 e. The van der Waals surface area contributed by atoms with Gasteiger partial charge in [-0.25, -0.2) is 0 Å². The minimum absolute atomic E-state index is 0.720. The molecular weight excluding hydrogens is 256 g/mol. The Morgan fingerprint density at radius 2 is 1.86 bits per heavy atom. The van der Waals surface area contributed by atoms with E-state index < -0.39 is 0 Å². The fourth-order valence-corrected chi connectivity index (χ4v) is 4.04. The number of hydrogen-bond acceptors (Lipinski definition) is 2. The monoisotopic (exact) mass is 286 g/mol. The summed E-state index contributed by atoms with van der Waals surface area (Å²) in [6.07, 6.45) is 7.15. The van der Waals surface area contributed by atoms with Crippen LogP contribution in [0.5, 0.6) is 0 Å². The van der Waals surface area contributed by atoms with Crippen LogP contribution in [-0.4, -0.2) is 19.1 Å². The molecule has 1 N–H and O–H groups in total. The molecule has 3 rings (SSSR count). The minimum Gasteiger partial charge on any atom is -0.368 e. The van der Waals surface area contributed by atoms with E-state index in [9.17, 15) is 0 Å². The normalized spacial score (nSPS) is 25.4. The van der Waals surface area contributed by atoms with Crippen LogP contribution in [0.25, 0.3) is 0 Å². The average molecular weight is 286 g/mol. The fourth-order valence-electron chi connectivity index (χ4n) is 4.04. The van der Waals surface area contributed by atoms with Crippen LogP contribution in [0, 0.1) is 11.8 Å². The molecule has 21 heavy (non-hydrogen) atoms. The van der Waals surface area contributed by atoms with Gasteiger partial charge in [0.05, 0.1) is 0 Å². The predicted molar refractivity (Wildman–Crippen MR) is 90.7 cm³/mol. The second kappa shape index (κ2) is 6.83. The highest BCUT2D eigenvalue weighted by Gasteiger charge is 2.35. The van der Waals surface area contributed by atoms with E-state index in [-0.39, 0.29) is 0 Å². The van der Waals surface area contributed by atoms with Crippen LogP contribution in [0.4, 0.5) is 5.69 Å². The number of hydrogen-bond donors (Lipinski definition) is 1. The van der Waals surface area contributed by atoms with Crippen molar-refractivity contribution in [2.45, 2.75) is 58.5 Å². The molecular formula is C19H30N2. The summed E-state index contributed by atoms with van der Waals surface area (Å²) >= 11 is 0. The van der Waals surface area contributed by atoms with Crippen LogP contribution in [0.15, 0.2) is 24.3 Å². The summed E-state index contributed by atoms with van der Waals surface area (Å²) in [6.45, 7) is 7.86. The average Bonchev–Trinajstić information content (AvgIpc) is 2.92. The molecule has 1 heterocycles. The summed E-state index contributed by atoms with van der Waals surface area (Å²) in [5.41, 5.74) is 2.84. The zero-order chi connectivity index (χ0) is 14.7. The zero-order valence-corrected chi connectivity index (χ0v) is 13.6. The van der Waals surface area contributed by atoms with Gasteiger partial charge < -0.3 is 10.2 Å². The largest absolute Gasteiger partial charge is 0.368 e. The van der Waals surface area contributed by atoms with E-state index in [1.807, 2.05) is 0 Å². The van der Waals surface area contributed by atoms with Crippen molar-refractivity contribution in [1.29, 1.82) is 0 Å². The van der Waals surface area contributed by atoms with Gasteiger partial charge in [-0.15, -0.1) is 0 Å². The van der Waals surface area contributed by atoms with E-state index in [2.05, 4.69) is 48.3 Å². The molecule has 2 nitrogen and oxygen atoms in total. The second-order valence-corrected chi connectivity index (χ2v) is 7.29. The summed E-state index contributed by atoms with van der Waals surface area (Å²) in [7, 11) is 0. The van der Waals surface area contributed by atoms with E-state index in [1.54, 1.807) is 0 Å². The van der Waals surface area contributed by atoms with Gasteiger partial charge in [-0.3, -0.25) is 0 Å². The number of fused-ring (bicyclic) bond motifs is 1. The molecule has 2 heteroatoms. The number of benzene rings is 1. The van der Waals surface area contributed by atoms with Crippen molar-refractivity contribution in [3.63, 3.8) is 0 Å². The van der Waals surface area contributed by atoms with Gasteiger partial charge in [0, 0.05) is 24.8 Å². The van der Waals surface area contributed by atoms with Gasteiger partial charge in [-0.2, -0.15) is 0 Å². The minimum atomic E-state index is 0.720. The summed E-state index contributed by atoms with van der Waals surface area (Å²) in [6, 6.07) is 10.1. The molecule has 2 aliphatic rings. The Hall–Kier alpha value is -1.02. The van der Waals surface area contributed by atoms with Gasteiger partial charge in [-0.05, 0) is 55.3 Å².